The lowest BCUT2D eigenvalue weighted by molar-refractivity contribution is -0.165. The third kappa shape index (κ3) is 2.19. The average molecular weight is 281 g/mol. The Labute approximate surface area is 123 Å². The summed E-state index contributed by atoms with van der Waals surface area (Å²) in [7, 11) is 0. The average Bonchev–Trinajstić information content (AvgIpc) is 2.36. The van der Waals surface area contributed by atoms with Crippen LogP contribution in [0, 0.1) is 21.7 Å². The molecule has 1 rings (SSSR count). The van der Waals surface area contributed by atoms with Crippen molar-refractivity contribution >= 4 is 11.8 Å². The Balaban J connectivity index is 3.35. The first kappa shape index (κ1) is 17.2. The van der Waals surface area contributed by atoms with Crippen molar-refractivity contribution in [2.75, 3.05) is 0 Å². The summed E-state index contributed by atoms with van der Waals surface area (Å²) in [5.74, 6) is -0.225. The Morgan fingerprint density at radius 2 is 1.20 bits per heavy atom. The largest absolute Gasteiger partial charge is 0.295 e. The number of imide groups is 1. The molecule has 1 saturated heterocycles. The number of amides is 2. The van der Waals surface area contributed by atoms with E-state index in [2.05, 4.69) is 46.9 Å². The zero-order valence-electron chi connectivity index (χ0n) is 14.4. The molecule has 1 N–H and O–H groups in total. The van der Waals surface area contributed by atoms with Crippen LogP contribution in [0.25, 0.3) is 0 Å². The number of nitrogens with one attached hydrogen (secondary N) is 1. The highest BCUT2D eigenvalue weighted by molar-refractivity contribution is 6.03. The smallest absolute Gasteiger partial charge is 0.233 e. The molecule has 3 heteroatoms. The molecule has 1 aliphatic heterocycles. The topological polar surface area (TPSA) is 46.2 Å². The standard InChI is InChI=1S/C17H31NO2/c1-9-14(3,4)16(7)11-17(8,15(5,6)10-2)13(20)18-12(16)19/h9-11H2,1-8H3,(H,18,19,20). The first-order chi connectivity index (χ1) is 8.88. The van der Waals surface area contributed by atoms with Crippen LogP contribution in [-0.4, -0.2) is 11.8 Å². The van der Waals surface area contributed by atoms with Crippen LogP contribution in [-0.2, 0) is 9.59 Å². The van der Waals surface area contributed by atoms with E-state index in [0.29, 0.717) is 6.42 Å². The number of carbonyl (C=O) groups excluding carboxylic acids is 2. The lowest BCUT2D eigenvalue weighted by Crippen LogP contribution is -2.64. The quantitative estimate of drug-likeness (QED) is 0.794. The van der Waals surface area contributed by atoms with Crippen LogP contribution in [0.1, 0.15) is 74.7 Å². The monoisotopic (exact) mass is 281 g/mol. The third-order valence-corrected chi connectivity index (χ3v) is 6.69. The van der Waals surface area contributed by atoms with Gasteiger partial charge >= 0.3 is 0 Å². The van der Waals surface area contributed by atoms with Gasteiger partial charge in [0, 0.05) is 0 Å². The van der Waals surface area contributed by atoms with Gasteiger partial charge in [-0.3, -0.25) is 14.9 Å². The summed E-state index contributed by atoms with van der Waals surface area (Å²) >= 11 is 0. The predicted octanol–water partition coefficient (Wildman–Crippen LogP) is 3.92. The van der Waals surface area contributed by atoms with Gasteiger partial charge in [-0.2, -0.15) is 0 Å². The fourth-order valence-corrected chi connectivity index (χ4v) is 3.12. The van der Waals surface area contributed by atoms with Gasteiger partial charge in [-0.25, -0.2) is 0 Å². The van der Waals surface area contributed by atoms with Crippen LogP contribution in [0.5, 0.6) is 0 Å². The summed E-state index contributed by atoms with van der Waals surface area (Å²) in [4.78, 5) is 25.0. The van der Waals surface area contributed by atoms with Gasteiger partial charge in [0.25, 0.3) is 0 Å². The van der Waals surface area contributed by atoms with Crippen LogP contribution in [0.15, 0.2) is 0 Å². The summed E-state index contributed by atoms with van der Waals surface area (Å²) in [5, 5.41) is 2.66. The Morgan fingerprint density at radius 3 is 1.45 bits per heavy atom. The van der Waals surface area contributed by atoms with Crippen molar-refractivity contribution in [2.45, 2.75) is 74.7 Å². The van der Waals surface area contributed by atoms with Crippen molar-refractivity contribution in [3.8, 4) is 0 Å². The molecule has 1 aliphatic rings. The van der Waals surface area contributed by atoms with Crippen LogP contribution < -0.4 is 5.32 Å². The van der Waals surface area contributed by atoms with Gasteiger partial charge in [0.05, 0.1) is 10.8 Å². The SMILES string of the molecule is CCC(C)(C)C1(C)CC(C)(C(C)(C)CC)C(=O)NC1=O. The molecular formula is C17H31NO2. The van der Waals surface area contributed by atoms with E-state index in [-0.39, 0.29) is 22.6 Å². The zero-order valence-corrected chi connectivity index (χ0v) is 14.4. The van der Waals surface area contributed by atoms with Gasteiger partial charge in [-0.15, -0.1) is 0 Å². The van der Waals surface area contributed by atoms with Gasteiger partial charge in [0.2, 0.25) is 11.8 Å². The van der Waals surface area contributed by atoms with Crippen molar-refractivity contribution in [2.24, 2.45) is 21.7 Å². The molecule has 0 aromatic rings. The van der Waals surface area contributed by atoms with Crippen molar-refractivity contribution in [1.29, 1.82) is 0 Å². The van der Waals surface area contributed by atoms with Gasteiger partial charge in [-0.1, -0.05) is 55.4 Å². The van der Waals surface area contributed by atoms with E-state index < -0.39 is 10.8 Å². The first-order valence-corrected chi connectivity index (χ1v) is 7.74. The van der Waals surface area contributed by atoms with Gasteiger partial charge in [0.1, 0.15) is 0 Å². The molecule has 0 aliphatic carbocycles. The van der Waals surface area contributed by atoms with Gasteiger partial charge < -0.3 is 0 Å². The molecule has 0 bridgehead atoms. The molecule has 2 unspecified atom stereocenters. The fraction of sp³-hybridized carbons (Fsp3) is 0.882. The van der Waals surface area contributed by atoms with E-state index in [1.54, 1.807) is 0 Å². The highest BCUT2D eigenvalue weighted by atomic mass is 16.2. The van der Waals surface area contributed by atoms with Gasteiger partial charge in [-0.05, 0) is 30.1 Å². The normalized spacial score (nSPS) is 32.2. The lowest BCUT2D eigenvalue weighted by Gasteiger charge is -2.54. The van der Waals surface area contributed by atoms with E-state index in [9.17, 15) is 9.59 Å². The highest BCUT2D eigenvalue weighted by Crippen LogP contribution is 2.57. The Hall–Kier alpha value is -0.860. The molecule has 3 nitrogen and oxygen atoms in total. The van der Waals surface area contributed by atoms with Crippen molar-refractivity contribution in [1.82, 2.24) is 5.32 Å². The molecule has 2 amide bonds. The number of carbonyl (C=O) groups is 2. The third-order valence-electron chi connectivity index (χ3n) is 6.69. The molecule has 2 atom stereocenters. The van der Waals surface area contributed by atoms with E-state index in [1.807, 2.05) is 13.8 Å². The molecule has 1 heterocycles. The molecule has 1 fully saturated rings. The molecule has 0 spiro atoms. The van der Waals surface area contributed by atoms with Crippen molar-refractivity contribution in [3.63, 3.8) is 0 Å². The van der Waals surface area contributed by atoms with E-state index in [0.717, 1.165) is 12.8 Å². The second-order valence-corrected chi connectivity index (χ2v) is 8.10. The maximum absolute atomic E-state index is 12.5. The van der Waals surface area contributed by atoms with E-state index >= 15 is 0 Å². The van der Waals surface area contributed by atoms with Gasteiger partial charge in [0.15, 0.2) is 0 Å². The Morgan fingerprint density at radius 1 is 0.900 bits per heavy atom. The highest BCUT2D eigenvalue weighted by Gasteiger charge is 2.60. The number of hydrogen-bond acceptors (Lipinski definition) is 2. The van der Waals surface area contributed by atoms with E-state index in [4.69, 9.17) is 0 Å². The molecule has 0 saturated carbocycles. The fourth-order valence-electron chi connectivity index (χ4n) is 3.12. The van der Waals surface area contributed by atoms with Crippen LogP contribution in [0.2, 0.25) is 0 Å². The number of piperidine rings is 1. The zero-order chi connectivity index (χ0) is 16.0. The van der Waals surface area contributed by atoms with Crippen LogP contribution in [0.3, 0.4) is 0 Å². The maximum atomic E-state index is 12.5. The number of hydrogen-bond donors (Lipinski definition) is 1. The Kier molecular flexibility index (Phi) is 4.17. The molecule has 0 aromatic heterocycles. The molecule has 0 aromatic carbocycles. The molecule has 116 valence electrons. The second-order valence-electron chi connectivity index (χ2n) is 8.10. The predicted molar refractivity (Wildman–Crippen MR) is 82.1 cm³/mol. The van der Waals surface area contributed by atoms with Crippen molar-refractivity contribution < 1.29 is 9.59 Å². The minimum absolute atomic E-state index is 0.112. The summed E-state index contributed by atoms with van der Waals surface area (Å²) < 4.78 is 0. The summed E-state index contributed by atoms with van der Waals surface area (Å²) in [5.41, 5.74) is -1.31. The minimum atomic E-state index is -0.517. The second kappa shape index (κ2) is 4.85. The molecular weight excluding hydrogens is 250 g/mol. The number of rotatable bonds is 4. The van der Waals surface area contributed by atoms with Crippen LogP contribution >= 0.6 is 0 Å². The minimum Gasteiger partial charge on any atom is -0.295 e. The van der Waals surface area contributed by atoms with Crippen molar-refractivity contribution in [3.05, 3.63) is 0 Å². The summed E-state index contributed by atoms with van der Waals surface area (Å²) in [6.45, 7) is 16.8. The molecule has 0 radical (unpaired) electrons. The summed E-state index contributed by atoms with van der Waals surface area (Å²) in [6, 6.07) is 0. The molecule has 20 heavy (non-hydrogen) atoms. The lowest BCUT2D eigenvalue weighted by atomic mass is 9.50. The van der Waals surface area contributed by atoms with E-state index in [1.165, 1.54) is 0 Å². The van der Waals surface area contributed by atoms with Crippen LogP contribution in [0.4, 0.5) is 0 Å². The Bertz CT molecular complexity index is 387. The maximum Gasteiger partial charge on any atom is 0.233 e. The first-order valence-electron chi connectivity index (χ1n) is 7.74. The summed E-state index contributed by atoms with van der Waals surface area (Å²) in [6.07, 6.45) is 2.44.